The number of carbonyl (C=O) groups excluding carboxylic acids is 2. The molecule has 7 nitrogen and oxygen atoms in total. The molecule has 1 aromatic rings. The summed E-state index contributed by atoms with van der Waals surface area (Å²) in [5, 5.41) is 0. The number of nitrogens with zero attached hydrogens (tertiary/aromatic N) is 4. The van der Waals surface area contributed by atoms with Gasteiger partial charge in [0.25, 0.3) is 11.8 Å². The molecule has 0 saturated carbocycles. The topological polar surface area (TPSA) is 75.6 Å². The van der Waals surface area contributed by atoms with Gasteiger partial charge in [0, 0.05) is 38.6 Å². The van der Waals surface area contributed by atoms with Gasteiger partial charge < -0.3 is 14.5 Å². The van der Waals surface area contributed by atoms with Crippen LogP contribution < -0.4 is 0 Å². The fraction of sp³-hybridized carbons (Fsp3) is 0.667. The highest BCUT2D eigenvalue weighted by molar-refractivity contribution is 5.92. The molecule has 3 fully saturated rings. The highest BCUT2D eigenvalue weighted by atomic mass is 16.5. The smallest absolute Gasteiger partial charge is 0.274 e. The van der Waals surface area contributed by atoms with E-state index in [1.54, 1.807) is 6.20 Å². The van der Waals surface area contributed by atoms with Crippen molar-refractivity contribution in [2.45, 2.75) is 50.2 Å². The van der Waals surface area contributed by atoms with Crippen LogP contribution in [-0.4, -0.2) is 69.5 Å². The quantitative estimate of drug-likeness (QED) is 0.807. The van der Waals surface area contributed by atoms with Crippen molar-refractivity contribution in [3.8, 4) is 0 Å². The third-order valence-electron chi connectivity index (χ3n) is 5.69. The Morgan fingerprint density at radius 2 is 1.80 bits per heavy atom. The van der Waals surface area contributed by atoms with Crippen LogP contribution >= 0.6 is 0 Å². The number of aromatic nitrogens is 2. The number of carbonyl (C=O) groups is 2. The Balaban J connectivity index is 1.34. The van der Waals surface area contributed by atoms with Crippen LogP contribution in [-0.2, 0) is 9.53 Å². The van der Waals surface area contributed by atoms with Gasteiger partial charge in [-0.15, -0.1) is 0 Å². The van der Waals surface area contributed by atoms with E-state index in [-0.39, 0.29) is 23.5 Å². The van der Waals surface area contributed by atoms with Crippen LogP contribution in [0.3, 0.4) is 0 Å². The predicted molar refractivity (Wildman–Crippen MR) is 89.8 cm³/mol. The second-order valence-electron chi connectivity index (χ2n) is 7.24. The molecule has 0 radical (unpaired) electrons. The zero-order chi connectivity index (χ0) is 17.3. The highest BCUT2D eigenvalue weighted by Gasteiger charge is 2.46. The molecule has 1 spiro atoms. The van der Waals surface area contributed by atoms with E-state index in [1.807, 2.05) is 9.80 Å². The summed E-state index contributed by atoms with van der Waals surface area (Å²) in [5.74, 6) is 0.0816. The van der Waals surface area contributed by atoms with Gasteiger partial charge in [-0.25, -0.2) is 4.98 Å². The van der Waals surface area contributed by atoms with Crippen molar-refractivity contribution < 1.29 is 14.3 Å². The Morgan fingerprint density at radius 1 is 1.04 bits per heavy atom. The Morgan fingerprint density at radius 3 is 2.48 bits per heavy atom. The summed E-state index contributed by atoms with van der Waals surface area (Å²) in [4.78, 5) is 36.8. The first-order valence-electron chi connectivity index (χ1n) is 9.19. The first-order chi connectivity index (χ1) is 12.2. The maximum absolute atomic E-state index is 12.6. The number of piperidine rings is 1. The molecule has 0 bridgehead atoms. The van der Waals surface area contributed by atoms with Crippen LogP contribution in [0, 0.1) is 0 Å². The van der Waals surface area contributed by atoms with Gasteiger partial charge in [-0.2, -0.15) is 0 Å². The van der Waals surface area contributed by atoms with Gasteiger partial charge in [0.05, 0.1) is 11.8 Å². The molecular weight excluding hydrogens is 320 g/mol. The van der Waals surface area contributed by atoms with Crippen molar-refractivity contribution in [1.29, 1.82) is 0 Å². The number of hydrogen-bond acceptors (Lipinski definition) is 5. The summed E-state index contributed by atoms with van der Waals surface area (Å²) in [7, 11) is 0. The lowest BCUT2D eigenvalue weighted by atomic mass is 9.88. The van der Waals surface area contributed by atoms with Crippen molar-refractivity contribution in [2.75, 3.05) is 26.2 Å². The highest BCUT2D eigenvalue weighted by Crippen LogP contribution is 2.39. The summed E-state index contributed by atoms with van der Waals surface area (Å²) in [6, 6.07) is 0. The molecule has 1 atom stereocenters. The molecule has 4 heterocycles. The van der Waals surface area contributed by atoms with Gasteiger partial charge in [0.2, 0.25) is 0 Å². The standard InChI is InChI=1S/C18H24N4O3/c23-16(14-13-19-7-8-20-14)22-11-5-18(6-12-22)4-3-15(25-18)17(24)21-9-1-2-10-21/h7-8,13,15H,1-6,9-12H2/t15-/m1/s1. The molecule has 7 heteroatoms. The van der Waals surface area contributed by atoms with Gasteiger partial charge in [-0.1, -0.05) is 0 Å². The van der Waals surface area contributed by atoms with Gasteiger partial charge in [0.1, 0.15) is 11.8 Å². The van der Waals surface area contributed by atoms with E-state index in [0.29, 0.717) is 18.8 Å². The molecule has 0 N–H and O–H groups in total. The lowest BCUT2D eigenvalue weighted by Crippen LogP contribution is -2.48. The second-order valence-corrected chi connectivity index (χ2v) is 7.24. The van der Waals surface area contributed by atoms with Gasteiger partial charge in [-0.3, -0.25) is 14.6 Å². The average Bonchev–Trinajstić information content (AvgIpc) is 3.33. The van der Waals surface area contributed by atoms with Crippen molar-refractivity contribution in [3.63, 3.8) is 0 Å². The van der Waals surface area contributed by atoms with Gasteiger partial charge >= 0.3 is 0 Å². The molecule has 134 valence electrons. The van der Waals surface area contributed by atoms with E-state index in [0.717, 1.165) is 51.6 Å². The van der Waals surface area contributed by atoms with E-state index < -0.39 is 0 Å². The fourth-order valence-electron chi connectivity index (χ4n) is 4.19. The molecular formula is C18H24N4O3. The monoisotopic (exact) mass is 344 g/mol. The molecule has 25 heavy (non-hydrogen) atoms. The maximum atomic E-state index is 12.6. The third kappa shape index (κ3) is 3.25. The normalized spacial score (nSPS) is 25.5. The molecule has 3 aliphatic rings. The summed E-state index contributed by atoms with van der Waals surface area (Å²) < 4.78 is 6.24. The third-order valence-corrected chi connectivity index (χ3v) is 5.69. The second kappa shape index (κ2) is 6.71. The Hall–Kier alpha value is -2.02. The lowest BCUT2D eigenvalue weighted by Gasteiger charge is -2.39. The average molecular weight is 344 g/mol. The maximum Gasteiger partial charge on any atom is 0.274 e. The number of hydrogen-bond donors (Lipinski definition) is 0. The Kier molecular flexibility index (Phi) is 4.41. The van der Waals surface area contributed by atoms with Crippen molar-refractivity contribution >= 4 is 11.8 Å². The Bertz CT molecular complexity index is 637. The molecule has 1 aromatic heterocycles. The van der Waals surface area contributed by atoms with Crippen molar-refractivity contribution in [1.82, 2.24) is 19.8 Å². The zero-order valence-corrected chi connectivity index (χ0v) is 14.4. The van der Waals surface area contributed by atoms with Crippen LogP contribution in [0.2, 0.25) is 0 Å². The van der Waals surface area contributed by atoms with Crippen molar-refractivity contribution in [3.05, 3.63) is 24.3 Å². The van der Waals surface area contributed by atoms with Gasteiger partial charge in [-0.05, 0) is 38.5 Å². The molecule has 0 aromatic carbocycles. The minimum absolute atomic E-state index is 0.0781. The summed E-state index contributed by atoms with van der Waals surface area (Å²) in [6.07, 6.45) is 9.78. The first-order valence-corrected chi connectivity index (χ1v) is 9.19. The van der Waals surface area contributed by atoms with E-state index in [9.17, 15) is 9.59 Å². The lowest BCUT2D eigenvalue weighted by molar-refractivity contribution is -0.149. The minimum Gasteiger partial charge on any atom is -0.362 e. The molecule has 3 saturated heterocycles. The van der Waals surface area contributed by atoms with Crippen LogP contribution in [0.4, 0.5) is 0 Å². The SMILES string of the molecule is O=C(c1cnccn1)N1CCC2(CC[C@H](C(=O)N3CCCC3)O2)CC1. The van der Waals surface area contributed by atoms with Crippen molar-refractivity contribution in [2.24, 2.45) is 0 Å². The number of ether oxygens (including phenoxy) is 1. The number of amides is 2. The Labute approximate surface area is 147 Å². The van der Waals surface area contributed by atoms with E-state index in [2.05, 4.69) is 9.97 Å². The van der Waals surface area contributed by atoms with E-state index in [1.165, 1.54) is 12.4 Å². The van der Waals surface area contributed by atoms with Crippen LogP contribution in [0.25, 0.3) is 0 Å². The largest absolute Gasteiger partial charge is 0.362 e. The summed E-state index contributed by atoms with van der Waals surface area (Å²) in [6.45, 7) is 3.01. The minimum atomic E-state index is -0.291. The summed E-state index contributed by atoms with van der Waals surface area (Å²) >= 11 is 0. The molecule has 3 aliphatic heterocycles. The summed E-state index contributed by atoms with van der Waals surface area (Å²) in [5.41, 5.74) is 0.145. The molecule has 0 unspecified atom stereocenters. The van der Waals surface area contributed by atoms with E-state index >= 15 is 0 Å². The molecule has 2 amide bonds. The van der Waals surface area contributed by atoms with Crippen LogP contribution in [0.1, 0.15) is 49.0 Å². The van der Waals surface area contributed by atoms with Crippen LogP contribution in [0.15, 0.2) is 18.6 Å². The predicted octanol–water partition coefficient (Wildman–Crippen LogP) is 1.25. The molecule has 4 rings (SSSR count). The van der Waals surface area contributed by atoms with Crippen LogP contribution in [0.5, 0.6) is 0 Å². The number of likely N-dealkylation sites (tertiary alicyclic amines) is 2. The van der Waals surface area contributed by atoms with Gasteiger partial charge in [0.15, 0.2) is 0 Å². The fourth-order valence-corrected chi connectivity index (χ4v) is 4.19. The zero-order valence-electron chi connectivity index (χ0n) is 14.4. The molecule has 0 aliphatic carbocycles. The first kappa shape index (κ1) is 16.4. The van der Waals surface area contributed by atoms with E-state index in [4.69, 9.17) is 4.74 Å². The number of rotatable bonds is 2.